The van der Waals surface area contributed by atoms with E-state index in [0.717, 1.165) is 19.6 Å². The smallest absolute Gasteiger partial charge is 0.251 e. The molecule has 30 heavy (non-hydrogen) atoms. The van der Waals surface area contributed by atoms with Crippen molar-refractivity contribution in [1.29, 1.82) is 0 Å². The summed E-state index contributed by atoms with van der Waals surface area (Å²) >= 11 is 0. The van der Waals surface area contributed by atoms with E-state index in [0.29, 0.717) is 24.4 Å². The molecule has 6 nitrogen and oxygen atoms in total. The van der Waals surface area contributed by atoms with Gasteiger partial charge in [-0.2, -0.15) is 0 Å². The summed E-state index contributed by atoms with van der Waals surface area (Å²) in [5, 5.41) is 2.94. The first-order chi connectivity index (χ1) is 14.5. The molecule has 0 unspecified atom stereocenters. The molecule has 3 rings (SSSR count). The minimum Gasteiger partial charge on any atom is -0.497 e. The zero-order valence-corrected chi connectivity index (χ0v) is 18.1. The van der Waals surface area contributed by atoms with E-state index in [1.807, 2.05) is 24.8 Å². The summed E-state index contributed by atoms with van der Waals surface area (Å²) in [6.45, 7) is 8.16. The topological polar surface area (TPSA) is 63.1 Å². The number of hydrogen-bond acceptors (Lipinski definition) is 3. The lowest BCUT2D eigenvalue weighted by atomic mass is 10.0. The van der Waals surface area contributed by atoms with Crippen LogP contribution in [0.5, 0.6) is 5.75 Å². The van der Waals surface area contributed by atoms with Crippen LogP contribution in [-0.4, -0.2) is 56.0 Å². The Morgan fingerprint density at radius 2 is 1.67 bits per heavy atom. The third-order valence-electron chi connectivity index (χ3n) is 5.65. The second-order valence-corrected chi connectivity index (χ2v) is 8.16. The van der Waals surface area contributed by atoms with Gasteiger partial charge in [0.1, 0.15) is 18.3 Å². The van der Waals surface area contributed by atoms with Gasteiger partial charge in [-0.3, -0.25) is 9.59 Å². The van der Waals surface area contributed by atoms with Crippen LogP contribution in [0, 0.1) is 5.92 Å². The van der Waals surface area contributed by atoms with Gasteiger partial charge in [-0.1, -0.05) is 44.2 Å². The van der Waals surface area contributed by atoms with Crippen LogP contribution in [-0.2, 0) is 11.3 Å². The quantitative estimate of drug-likeness (QED) is 0.725. The molecular formula is C24H32N3O3+. The second kappa shape index (κ2) is 10.3. The zero-order valence-electron chi connectivity index (χ0n) is 18.1. The number of nitrogens with zero attached hydrogens (tertiary/aromatic N) is 1. The number of rotatable bonds is 7. The highest BCUT2D eigenvalue weighted by molar-refractivity contribution is 5.97. The molecule has 0 saturated carbocycles. The molecule has 6 heteroatoms. The van der Waals surface area contributed by atoms with Crippen molar-refractivity contribution in [3.05, 3.63) is 65.7 Å². The summed E-state index contributed by atoms with van der Waals surface area (Å²) in [5.41, 5.74) is 1.84. The molecule has 2 aromatic rings. The number of piperazine rings is 1. The average Bonchev–Trinajstić information content (AvgIpc) is 2.78. The Hall–Kier alpha value is -2.86. The average molecular weight is 411 g/mol. The van der Waals surface area contributed by atoms with Gasteiger partial charge in [0.2, 0.25) is 5.91 Å². The SMILES string of the molecule is COc1ccc(C(=O)N[C@H](C(=O)N2CC[NH+](Cc3ccccc3)CC2)C(C)C)cc1. The maximum absolute atomic E-state index is 13.2. The minimum absolute atomic E-state index is 0.00521. The molecule has 160 valence electrons. The molecule has 1 fully saturated rings. The van der Waals surface area contributed by atoms with Crippen LogP contribution in [0.1, 0.15) is 29.8 Å². The number of hydrogen-bond donors (Lipinski definition) is 2. The molecule has 2 amide bonds. The molecule has 1 saturated heterocycles. The Balaban J connectivity index is 1.56. The Kier molecular flexibility index (Phi) is 7.46. The van der Waals surface area contributed by atoms with Crippen molar-refractivity contribution >= 4 is 11.8 Å². The third kappa shape index (κ3) is 5.60. The Bertz CT molecular complexity index is 829. The first kappa shape index (κ1) is 21.8. The van der Waals surface area contributed by atoms with Gasteiger partial charge in [0.25, 0.3) is 5.91 Å². The van der Waals surface area contributed by atoms with Crippen molar-refractivity contribution in [3.8, 4) is 5.75 Å². The number of carbonyl (C=O) groups excluding carboxylic acids is 2. The largest absolute Gasteiger partial charge is 0.497 e. The summed E-state index contributed by atoms with van der Waals surface area (Å²) < 4.78 is 5.14. The molecule has 0 radical (unpaired) electrons. The minimum atomic E-state index is -0.532. The number of carbonyl (C=O) groups is 2. The van der Waals surface area contributed by atoms with Crippen LogP contribution < -0.4 is 15.0 Å². The van der Waals surface area contributed by atoms with E-state index in [2.05, 4.69) is 29.6 Å². The van der Waals surface area contributed by atoms with Crippen molar-refractivity contribution in [2.45, 2.75) is 26.4 Å². The fourth-order valence-electron chi connectivity index (χ4n) is 3.78. The predicted octanol–water partition coefficient (Wildman–Crippen LogP) is 1.38. The van der Waals surface area contributed by atoms with E-state index < -0.39 is 6.04 Å². The first-order valence-corrected chi connectivity index (χ1v) is 10.6. The van der Waals surface area contributed by atoms with Gasteiger partial charge in [-0.25, -0.2) is 0 Å². The van der Waals surface area contributed by atoms with Crippen LogP contribution >= 0.6 is 0 Å². The van der Waals surface area contributed by atoms with Gasteiger partial charge in [0, 0.05) is 11.1 Å². The normalized spacial score (nSPS) is 15.7. The second-order valence-electron chi connectivity index (χ2n) is 8.16. The monoisotopic (exact) mass is 410 g/mol. The van der Waals surface area contributed by atoms with Crippen LogP contribution in [0.2, 0.25) is 0 Å². The summed E-state index contributed by atoms with van der Waals surface area (Å²) in [6, 6.07) is 16.8. The van der Waals surface area contributed by atoms with Gasteiger partial charge >= 0.3 is 0 Å². The van der Waals surface area contributed by atoms with Gasteiger partial charge in [0.05, 0.1) is 33.3 Å². The molecule has 0 bridgehead atoms. The third-order valence-corrected chi connectivity index (χ3v) is 5.65. The van der Waals surface area contributed by atoms with Gasteiger partial charge in [-0.05, 0) is 30.2 Å². The van der Waals surface area contributed by atoms with E-state index in [-0.39, 0.29) is 17.7 Å². The number of ether oxygens (including phenoxy) is 1. The fourth-order valence-corrected chi connectivity index (χ4v) is 3.78. The molecule has 1 atom stereocenters. The summed E-state index contributed by atoms with van der Waals surface area (Å²) in [4.78, 5) is 29.2. The van der Waals surface area contributed by atoms with Gasteiger partial charge in [-0.15, -0.1) is 0 Å². The van der Waals surface area contributed by atoms with E-state index in [4.69, 9.17) is 4.74 Å². The summed E-state index contributed by atoms with van der Waals surface area (Å²) in [5.74, 6) is 0.469. The number of nitrogens with one attached hydrogen (secondary N) is 2. The van der Waals surface area contributed by atoms with Crippen LogP contribution in [0.4, 0.5) is 0 Å². The molecule has 2 N–H and O–H groups in total. The van der Waals surface area contributed by atoms with E-state index >= 15 is 0 Å². The van der Waals surface area contributed by atoms with Crippen molar-refractivity contribution in [2.75, 3.05) is 33.3 Å². The molecular weight excluding hydrogens is 378 g/mol. The maximum Gasteiger partial charge on any atom is 0.251 e. The number of methoxy groups -OCH3 is 1. The number of quaternary nitrogens is 1. The molecule has 1 heterocycles. The predicted molar refractivity (Wildman–Crippen MR) is 117 cm³/mol. The molecule has 0 spiro atoms. The Morgan fingerprint density at radius 3 is 2.23 bits per heavy atom. The molecule has 1 aliphatic heterocycles. The molecule has 2 aromatic carbocycles. The van der Waals surface area contributed by atoms with Crippen molar-refractivity contribution in [2.24, 2.45) is 5.92 Å². The fraction of sp³-hybridized carbons (Fsp3) is 0.417. The molecule has 1 aliphatic rings. The highest BCUT2D eigenvalue weighted by Crippen LogP contribution is 2.13. The van der Waals surface area contributed by atoms with Crippen molar-refractivity contribution < 1.29 is 19.2 Å². The highest BCUT2D eigenvalue weighted by Gasteiger charge is 2.32. The van der Waals surface area contributed by atoms with E-state index in [9.17, 15) is 9.59 Å². The van der Waals surface area contributed by atoms with Crippen molar-refractivity contribution in [3.63, 3.8) is 0 Å². The standard InChI is InChI=1S/C24H31N3O3/c1-18(2)22(25-23(28)20-9-11-21(30-3)12-10-20)24(29)27-15-13-26(14-16-27)17-19-7-5-4-6-8-19/h4-12,18,22H,13-17H2,1-3H3,(H,25,28)/p+1/t22-/m0/s1. The first-order valence-electron chi connectivity index (χ1n) is 10.6. The maximum atomic E-state index is 13.2. The van der Waals surface area contributed by atoms with Crippen LogP contribution in [0.25, 0.3) is 0 Å². The number of amides is 2. The summed E-state index contributed by atoms with van der Waals surface area (Å²) in [6.07, 6.45) is 0. The zero-order chi connectivity index (χ0) is 21.5. The van der Waals surface area contributed by atoms with Gasteiger partial charge in [0.15, 0.2) is 0 Å². The number of benzene rings is 2. The lowest BCUT2D eigenvalue weighted by Crippen LogP contribution is -3.13. The van der Waals surface area contributed by atoms with Crippen molar-refractivity contribution in [1.82, 2.24) is 10.2 Å². The lowest BCUT2D eigenvalue weighted by molar-refractivity contribution is -0.917. The Labute approximate surface area is 178 Å². The van der Waals surface area contributed by atoms with E-state index in [1.165, 1.54) is 10.5 Å². The molecule has 0 aliphatic carbocycles. The van der Waals surface area contributed by atoms with E-state index in [1.54, 1.807) is 31.4 Å². The van der Waals surface area contributed by atoms with Crippen LogP contribution in [0.15, 0.2) is 54.6 Å². The highest BCUT2D eigenvalue weighted by atomic mass is 16.5. The molecule has 0 aromatic heterocycles. The Morgan fingerprint density at radius 1 is 1.03 bits per heavy atom. The van der Waals surface area contributed by atoms with Gasteiger partial charge < -0.3 is 19.9 Å². The van der Waals surface area contributed by atoms with Crippen LogP contribution in [0.3, 0.4) is 0 Å². The lowest BCUT2D eigenvalue weighted by Gasteiger charge is -2.35. The summed E-state index contributed by atoms with van der Waals surface area (Å²) in [7, 11) is 1.59.